The minimum absolute atomic E-state index is 0.168. The Kier molecular flexibility index (Phi) is 2.21. The van der Waals surface area contributed by atoms with Crippen molar-refractivity contribution in [1.82, 2.24) is 4.90 Å². The molecule has 5 heteroatoms. The van der Waals surface area contributed by atoms with Crippen molar-refractivity contribution in [2.75, 3.05) is 13.1 Å². The van der Waals surface area contributed by atoms with Crippen LogP contribution in [-0.4, -0.2) is 35.5 Å². The van der Waals surface area contributed by atoms with Gasteiger partial charge in [0, 0.05) is 0 Å². The van der Waals surface area contributed by atoms with E-state index in [1.54, 1.807) is 20.8 Å². The van der Waals surface area contributed by atoms with Gasteiger partial charge in [0.15, 0.2) is 0 Å². The first-order valence-electron chi connectivity index (χ1n) is 4.10. The zero-order valence-corrected chi connectivity index (χ0v) is 8.03. The Morgan fingerprint density at radius 2 is 1.85 bits per heavy atom. The minimum atomic E-state index is -2.65. The predicted octanol–water partition coefficient (Wildman–Crippen LogP) is 1.69. The Bertz CT molecular complexity index is 215. The lowest BCUT2D eigenvalue weighted by Gasteiger charge is -2.40. The van der Waals surface area contributed by atoms with Crippen LogP contribution in [0.2, 0.25) is 0 Å². The molecule has 0 aromatic rings. The van der Waals surface area contributed by atoms with Crippen LogP contribution < -0.4 is 0 Å². The average Bonchev–Trinajstić information content (AvgIpc) is 1.77. The molecule has 0 unspecified atom stereocenters. The number of nitrogens with zero attached hydrogens (tertiary/aromatic N) is 1. The average molecular weight is 192 g/mol. The highest BCUT2D eigenvalue weighted by Crippen LogP contribution is 2.27. The van der Waals surface area contributed by atoms with Crippen LogP contribution in [-0.2, 0) is 4.74 Å². The quantitative estimate of drug-likeness (QED) is 0.468. The first-order valence-corrected chi connectivity index (χ1v) is 4.10. The second-order valence-corrected chi connectivity index (χ2v) is 4.23. The Morgan fingerprint density at radius 1 is 1.38 bits per heavy atom. The van der Waals surface area contributed by atoms with E-state index in [-0.39, 0.29) is 6.02 Å². The molecule has 1 heterocycles. The summed E-state index contributed by atoms with van der Waals surface area (Å²) in [5.41, 5.74) is -0.498. The molecule has 0 radical (unpaired) electrons. The number of hydrogen-bond acceptors (Lipinski definition) is 2. The van der Waals surface area contributed by atoms with Crippen molar-refractivity contribution in [3.8, 4) is 0 Å². The van der Waals surface area contributed by atoms with Crippen molar-refractivity contribution in [3.05, 3.63) is 0 Å². The molecule has 1 aliphatic heterocycles. The van der Waals surface area contributed by atoms with Gasteiger partial charge in [-0.05, 0) is 20.8 Å². The fourth-order valence-corrected chi connectivity index (χ4v) is 1.01. The zero-order valence-electron chi connectivity index (χ0n) is 8.03. The normalized spacial score (nSPS) is 20.8. The van der Waals surface area contributed by atoms with E-state index in [1.807, 2.05) is 0 Å². The van der Waals surface area contributed by atoms with Gasteiger partial charge in [-0.1, -0.05) is 0 Å². The molecule has 0 amide bonds. The first kappa shape index (κ1) is 10.2. The molecule has 0 aliphatic carbocycles. The Morgan fingerprint density at radius 3 is 2.15 bits per heavy atom. The number of hydrogen-bond donors (Lipinski definition) is 1. The molecule has 0 spiro atoms. The van der Waals surface area contributed by atoms with E-state index in [9.17, 15) is 8.78 Å². The van der Waals surface area contributed by atoms with Crippen LogP contribution in [0.4, 0.5) is 8.78 Å². The monoisotopic (exact) mass is 192 g/mol. The maximum Gasteiger partial charge on any atom is 0.285 e. The smallest absolute Gasteiger partial charge is 0.285 e. The van der Waals surface area contributed by atoms with E-state index in [1.165, 1.54) is 4.90 Å². The maximum atomic E-state index is 12.4. The van der Waals surface area contributed by atoms with Crippen molar-refractivity contribution in [1.29, 1.82) is 5.41 Å². The van der Waals surface area contributed by atoms with Crippen LogP contribution in [0.15, 0.2) is 0 Å². The van der Waals surface area contributed by atoms with Gasteiger partial charge in [0.05, 0.1) is 13.1 Å². The highest BCUT2D eigenvalue weighted by atomic mass is 19.3. The number of amidine groups is 1. The molecule has 1 N–H and O–H groups in total. The summed E-state index contributed by atoms with van der Waals surface area (Å²) in [4.78, 5) is 1.21. The third-order valence-electron chi connectivity index (χ3n) is 1.53. The van der Waals surface area contributed by atoms with Gasteiger partial charge >= 0.3 is 0 Å². The molecule has 1 aliphatic rings. The molecule has 0 bridgehead atoms. The molecule has 76 valence electrons. The molecule has 0 aromatic heterocycles. The fourth-order valence-electron chi connectivity index (χ4n) is 1.01. The second-order valence-electron chi connectivity index (χ2n) is 4.23. The van der Waals surface area contributed by atoms with E-state index in [0.29, 0.717) is 0 Å². The van der Waals surface area contributed by atoms with Gasteiger partial charge in [-0.3, -0.25) is 5.41 Å². The zero-order chi connectivity index (χ0) is 10.3. The summed E-state index contributed by atoms with van der Waals surface area (Å²) in [6.45, 7) is 4.53. The van der Waals surface area contributed by atoms with E-state index in [0.717, 1.165) is 0 Å². The number of nitrogens with one attached hydrogen (secondary N) is 1. The number of rotatable bonds is 0. The van der Waals surface area contributed by atoms with Crippen molar-refractivity contribution < 1.29 is 13.5 Å². The van der Waals surface area contributed by atoms with Crippen LogP contribution in [0, 0.1) is 5.41 Å². The van der Waals surface area contributed by atoms with Crippen molar-refractivity contribution in [3.63, 3.8) is 0 Å². The molecule has 1 saturated heterocycles. The van der Waals surface area contributed by atoms with Gasteiger partial charge in [-0.2, -0.15) is 0 Å². The second kappa shape index (κ2) is 2.82. The highest BCUT2D eigenvalue weighted by molar-refractivity contribution is 5.72. The van der Waals surface area contributed by atoms with Crippen LogP contribution in [0.25, 0.3) is 0 Å². The molecule has 0 aromatic carbocycles. The fraction of sp³-hybridized carbons (Fsp3) is 0.875. The Hall–Kier alpha value is -0.870. The van der Waals surface area contributed by atoms with Gasteiger partial charge < -0.3 is 9.64 Å². The van der Waals surface area contributed by atoms with Crippen LogP contribution >= 0.6 is 0 Å². The summed E-state index contributed by atoms with van der Waals surface area (Å²) in [5, 5.41) is 7.35. The summed E-state index contributed by atoms with van der Waals surface area (Å²) >= 11 is 0. The van der Waals surface area contributed by atoms with Crippen molar-refractivity contribution >= 4 is 6.02 Å². The Labute approximate surface area is 76.2 Å². The van der Waals surface area contributed by atoms with Crippen molar-refractivity contribution in [2.24, 2.45) is 0 Å². The molecule has 1 fully saturated rings. The summed E-state index contributed by atoms with van der Waals surface area (Å²) in [7, 11) is 0. The van der Waals surface area contributed by atoms with Gasteiger partial charge in [0.25, 0.3) is 11.9 Å². The largest absolute Gasteiger partial charge is 0.460 e. The van der Waals surface area contributed by atoms with Crippen molar-refractivity contribution in [2.45, 2.75) is 32.3 Å². The lowest BCUT2D eigenvalue weighted by atomic mass is 10.1. The van der Waals surface area contributed by atoms with Gasteiger partial charge in [0.1, 0.15) is 5.60 Å². The van der Waals surface area contributed by atoms with Gasteiger partial charge in [0.2, 0.25) is 0 Å². The van der Waals surface area contributed by atoms with Crippen LogP contribution in [0.3, 0.4) is 0 Å². The summed E-state index contributed by atoms with van der Waals surface area (Å²) in [6, 6.07) is -0.168. The SMILES string of the molecule is CC(C)(C)OC(=N)N1CC(F)(F)C1. The number of likely N-dealkylation sites (tertiary alicyclic amines) is 1. The standard InChI is InChI=1S/C8H14F2N2O/c1-7(2,3)13-6(11)12-4-8(9,10)5-12/h11H,4-5H2,1-3H3. The third kappa shape index (κ3) is 2.82. The van der Waals surface area contributed by atoms with Crippen LogP contribution in [0.5, 0.6) is 0 Å². The Balaban J connectivity index is 2.36. The molecule has 13 heavy (non-hydrogen) atoms. The van der Waals surface area contributed by atoms with E-state index in [2.05, 4.69) is 0 Å². The highest BCUT2D eigenvalue weighted by Gasteiger charge is 2.46. The lowest BCUT2D eigenvalue weighted by Crippen LogP contribution is -2.59. The maximum absolute atomic E-state index is 12.4. The number of halogens is 2. The predicted molar refractivity (Wildman–Crippen MR) is 45.1 cm³/mol. The number of ether oxygens (including phenoxy) is 1. The summed E-state index contributed by atoms with van der Waals surface area (Å²) < 4.78 is 29.9. The lowest BCUT2D eigenvalue weighted by molar-refractivity contribution is -0.114. The van der Waals surface area contributed by atoms with E-state index < -0.39 is 24.6 Å². The third-order valence-corrected chi connectivity index (χ3v) is 1.53. The summed E-state index contributed by atoms with van der Waals surface area (Å²) in [5.74, 6) is -2.65. The number of alkyl halides is 2. The van der Waals surface area contributed by atoms with Gasteiger partial charge in [-0.25, -0.2) is 8.78 Å². The van der Waals surface area contributed by atoms with E-state index in [4.69, 9.17) is 10.1 Å². The van der Waals surface area contributed by atoms with Crippen LogP contribution in [0.1, 0.15) is 20.8 Å². The van der Waals surface area contributed by atoms with Gasteiger partial charge in [-0.15, -0.1) is 0 Å². The molecular weight excluding hydrogens is 178 g/mol. The molecule has 0 saturated carbocycles. The van der Waals surface area contributed by atoms with E-state index >= 15 is 0 Å². The molecule has 1 rings (SSSR count). The first-order chi connectivity index (χ1) is 5.70. The molecule has 3 nitrogen and oxygen atoms in total. The molecule has 0 atom stereocenters. The topological polar surface area (TPSA) is 36.3 Å². The minimum Gasteiger partial charge on any atom is -0.460 e. The summed E-state index contributed by atoms with van der Waals surface area (Å²) in [6.07, 6.45) is 0. The molecular formula is C8H14F2N2O.